The molecule has 3 aliphatic rings. The van der Waals surface area contributed by atoms with Gasteiger partial charge in [-0.15, -0.1) is 10.2 Å². The molecule has 1 saturated heterocycles. The van der Waals surface area contributed by atoms with Crippen LogP contribution in [-0.2, 0) is 13.1 Å². The average molecular weight is 507 g/mol. The minimum absolute atomic E-state index is 0.0435. The number of hydrogen-bond donors (Lipinski definition) is 0. The number of anilines is 1. The Balaban J connectivity index is 1.25. The predicted molar refractivity (Wildman–Crippen MR) is 122 cm³/mol. The van der Waals surface area contributed by atoms with Gasteiger partial charge in [0.25, 0.3) is 0 Å². The monoisotopic (exact) mass is 506 g/mol. The molecule has 0 amide bonds. The van der Waals surface area contributed by atoms with E-state index in [9.17, 15) is 17.6 Å². The molecular weight excluding hydrogens is 484 g/mol. The number of hydrogen-bond acceptors (Lipinski definition) is 5. The molecule has 0 N–H and O–H groups in total. The molecule has 11 heteroatoms. The van der Waals surface area contributed by atoms with E-state index in [1.165, 1.54) is 24.1 Å². The zero-order valence-corrected chi connectivity index (χ0v) is 19.7. The molecule has 4 heterocycles. The minimum Gasteiger partial charge on any atom is -0.355 e. The molecule has 35 heavy (non-hydrogen) atoms. The molecule has 0 bridgehead atoms. The van der Waals surface area contributed by atoms with Crippen LogP contribution in [0.25, 0.3) is 5.69 Å². The summed E-state index contributed by atoms with van der Waals surface area (Å²) in [5, 5.41) is 9.27. The van der Waals surface area contributed by atoms with Gasteiger partial charge in [0.2, 0.25) is 0 Å². The smallest absolute Gasteiger partial charge is 0.355 e. The SMILES string of the molecule is CC(N1Cc2cc(Cl)ccc2-n2c(nnc2C2CC3(C2)CN(c2ccc(F)cn2)C3)C1)C(F)(F)F. The molecule has 1 aromatic carbocycles. The van der Waals surface area contributed by atoms with Crippen molar-refractivity contribution >= 4 is 17.4 Å². The largest absolute Gasteiger partial charge is 0.403 e. The summed E-state index contributed by atoms with van der Waals surface area (Å²) in [6.45, 7) is 3.01. The van der Waals surface area contributed by atoms with Crippen molar-refractivity contribution in [3.05, 3.63) is 64.6 Å². The number of alkyl halides is 3. The summed E-state index contributed by atoms with van der Waals surface area (Å²) < 4.78 is 55.8. The Bertz CT molecular complexity index is 1260. The standard InChI is InChI=1S/C24H23ClF4N6/c1-14(24(27,28)29)33-10-15-6-17(25)2-4-19(15)35-21(11-33)31-32-22(35)16-7-23(8-16)12-34(13-23)20-5-3-18(26)9-30-20/h2-6,9,14,16H,7-8,10-13H2,1H3. The molecule has 1 saturated carbocycles. The van der Waals surface area contributed by atoms with Gasteiger partial charge >= 0.3 is 6.18 Å². The molecule has 1 unspecified atom stereocenters. The molecule has 6 rings (SSSR count). The zero-order chi connectivity index (χ0) is 24.5. The van der Waals surface area contributed by atoms with Crippen molar-refractivity contribution in [2.24, 2.45) is 5.41 Å². The summed E-state index contributed by atoms with van der Waals surface area (Å²) in [6, 6.07) is 6.79. The third-order valence-electron chi connectivity index (χ3n) is 7.59. The lowest BCUT2D eigenvalue weighted by Crippen LogP contribution is -2.62. The van der Waals surface area contributed by atoms with Crippen molar-refractivity contribution in [1.29, 1.82) is 0 Å². The normalized spacial score (nSPS) is 20.6. The number of benzene rings is 1. The first-order valence-electron chi connectivity index (χ1n) is 11.5. The summed E-state index contributed by atoms with van der Waals surface area (Å²) in [5.74, 6) is 1.86. The van der Waals surface area contributed by atoms with Crippen LogP contribution < -0.4 is 4.90 Å². The number of rotatable bonds is 3. The third-order valence-corrected chi connectivity index (χ3v) is 7.82. The first-order chi connectivity index (χ1) is 16.6. The van der Waals surface area contributed by atoms with Crippen molar-refractivity contribution in [3.8, 4) is 5.69 Å². The molecule has 184 valence electrons. The van der Waals surface area contributed by atoms with Gasteiger partial charge in [-0.1, -0.05) is 11.6 Å². The average Bonchev–Trinajstić information content (AvgIpc) is 3.07. The quantitative estimate of drug-likeness (QED) is 0.462. The summed E-state index contributed by atoms with van der Waals surface area (Å²) >= 11 is 6.21. The van der Waals surface area contributed by atoms with E-state index < -0.39 is 12.2 Å². The molecule has 2 fully saturated rings. The van der Waals surface area contributed by atoms with Gasteiger partial charge in [0.05, 0.1) is 18.4 Å². The summed E-state index contributed by atoms with van der Waals surface area (Å²) in [5.41, 5.74) is 1.66. The third kappa shape index (κ3) is 3.87. The maximum Gasteiger partial charge on any atom is 0.403 e. The molecule has 2 aromatic heterocycles. The van der Waals surface area contributed by atoms with E-state index in [0.717, 1.165) is 48.8 Å². The molecule has 1 aliphatic carbocycles. The second-order valence-corrected chi connectivity index (χ2v) is 10.4. The van der Waals surface area contributed by atoms with Crippen LogP contribution >= 0.6 is 11.6 Å². The van der Waals surface area contributed by atoms with Crippen LogP contribution in [0.2, 0.25) is 5.02 Å². The zero-order valence-electron chi connectivity index (χ0n) is 18.9. The number of nitrogens with zero attached hydrogens (tertiary/aromatic N) is 6. The first kappa shape index (κ1) is 22.7. The van der Waals surface area contributed by atoms with E-state index in [0.29, 0.717) is 10.8 Å². The minimum atomic E-state index is -4.35. The summed E-state index contributed by atoms with van der Waals surface area (Å²) in [4.78, 5) is 7.66. The lowest BCUT2D eigenvalue weighted by Gasteiger charge is -2.59. The van der Waals surface area contributed by atoms with E-state index in [2.05, 4.69) is 20.1 Å². The second-order valence-electron chi connectivity index (χ2n) is 10.0. The maximum atomic E-state index is 13.6. The van der Waals surface area contributed by atoms with E-state index in [4.69, 9.17) is 11.6 Å². The molecule has 3 aromatic rings. The van der Waals surface area contributed by atoms with Crippen LogP contribution in [0.5, 0.6) is 0 Å². The topological polar surface area (TPSA) is 50.1 Å². The maximum absolute atomic E-state index is 13.6. The van der Waals surface area contributed by atoms with Gasteiger partial charge < -0.3 is 4.90 Å². The first-order valence-corrected chi connectivity index (χ1v) is 11.9. The Morgan fingerprint density at radius 3 is 2.54 bits per heavy atom. The highest BCUT2D eigenvalue weighted by Crippen LogP contribution is 2.56. The van der Waals surface area contributed by atoms with Crippen LogP contribution in [0.4, 0.5) is 23.4 Å². The van der Waals surface area contributed by atoms with Crippen LogP contribution in [0, 0.1) is 11.2 Å². The lowest BCUT2D eigenvalue weighted by molar-refractivity contribution is -0.182. The van der Waals surface area contributed by atoms with E-state index in [-0.39, 0.29) is 30.2 Å². The Hall–Kier alpha value is -2.72. The fourth-order valence-corrected chi connectivity index (χ4v) is 5.90. The van der Waals surface area contributed by atoms with E-state index in [1.807, 2.05) is 10.6 Å². The Morgan fingerprint density at radius 1 is 1.09 bits per heavy atom. The van der Waals surface area contributed by atoms with Crippen LogP contribution in [0.15, 0.2) is 36.5 Å². The molecule has 1 spiro atoms. The number of fused-ring (bicyclic) bond motifs is 3. The molecule has 0 radical (unpaired) electrons. The van der Waals surface area contributed by atoms with Gasteiger partial charge in [0, 0.05) is 36.0 Å². The number of halogens is 5. The highest BCUT2D eigenvalue weighted by atomic mass is 35.5. The van der Waals surface area contributed by atoms with Gasteiger partial charge in [-0.05, 0) is 55.7 Å². The summed E-state index contributed by atoms with van der Waals surface area (Å²) in [6.07, 6.45) is -1.31. The van der Waals surface area contributed by atoms with Gasteiger partial charge in [-0.25, -0.2) is 9.37 Å². The van der Waals surface area contributed by atoms with Crippen molar-refractivity contribution < 1.29 is 17.6 Å². The van der Waals surface area contributed by atoms with Crippen LogP contribution in [0.1, 0.15) is 42.9 Å². The summed E-state index contributed by atoms with van der Waals surface area (Å²) in [7, 11) is 0. The van der Waals surface area contributed by atoms with Gasteiger partial charge in [-0.2, -0.15) is 13.2 Å². The van der Waals surface area contributed by atoms with Gasteiger partial charge in [0.1, 0.15) is 23.5 Å². The molecule has 1 atom stereocenters. The Kier molecular flexibility index (Phi) is 5.12. The second kappa shape index (κ2) is 7.89. The number of aromatic nitrogens is 4. The molecule has 6 nitrogen and oxygen atoms in total. The van der Waals surface area contributed by atoms with Crippen molar-refractivity contribution in [2.75, 3.05) is 18.0 Å². The Morgan fingerprint density at radius 2 is 1.86 bits per heavy atom. The van der Waals surface area contributed by atoms with Gasteiger partial charge in [0.15, 0.2) is 5.82 Å². The predicted octanol–water partition coefficient (Wildman–Crippen LogP) is 5.11. The van der Waals surface area contributed by atoms with Gasteiger partial charge in [-0.3, -0.25) is 9.47 Å². The van der Waals surface area contributed by atoms with E-state index in [1.54, 1.807) is 18.2 Å². The fraction of sp³-hybridized carbons (Fsp3) is 0.458. The lowest BCUT2D eigenvalue weighted by atomic mass is 9.57. The highest BCUT2D eigenvalue weighted by Gasteiger charge is 2.54. The van der Waals surface area contributed by atoms with Crippen molar-refractivity contribution in [1.82, 2.24) is 24.6 Å². The van der Waals surface area contributed by atoms with Crippen molar-refractivity contribution in [3.63, 3.8) is 0 Å². The van der Waals surface area contributed by atoms with E-state index >= 15 is 0 Å². The fourth-order valence-electron chi connectivity index (χ4n) is 5.70. The van der Waals surface area contributed by atoms with Crippen LogP contribution in [0.3, 0.4) is 0 Å². The van der Waals surface area contributed by atoms with Crippen molar-refractivity contribution in [2.45, 2.75) is 51.0 Å². The molecule has 2 aliphatic heterocycles. The molecular formula is C24H23ClF4N6. The van der Waals surface area contributed by atoms with Crippen LogP contribution in [-0.4, -0.2) is 50.0 Å². The highest BCUT2D eigenvalue weighted by molar-refractivity contribution is 6.30. The number of pyridine rings is 1. The Labute approximate surface area is 204 Å².